The Morgan fingerprint density at radius 2 is 1.62 bits per heavy atom. The molecule has 1 heterocycles. The molecule has 1 aliphatic heterocycles. The zero-order valence-electron chi connectivity index (χ0n) is 19.8. The standard InChI is InChI=1S/C24H32BrN5O2.2ClH/c1-4-26-11-12-30(22-10-9-21(25)13-18(22)2)24(32)15-27-14-23(31)28(3)29-16-19-7-5-6-8-20(19)17-29;;/h5-10,13,26-27H,4,11-12,14-17H2,1-3H3;2*1H. The quantitative estimate of drug-likeness (QED) is 0.425. The van der Waals surface area contributed by atoms with Crippen LogP contribution in [-0.2, 0) is 22.7 Å². The molecule has 0 fully saturated rings. The molecular formula is C24H34BrCl2N5O2. The van der Waals surface area contributed by atoms with Gasteiger partial charge in [-0.1, -0.05) is 47.1 Å². The van der Waals surface area contributed by atoms with E-state index >= 15 is 0 Å². The van der Waals surface area contributed by atoms with Crippen molar-refractivity contribution in [2.75, 3.05) is 44.7 Å². The van der Waals surface area contributed by atoms with Crippen LogP contribution in [0.15, 0.2) is 46.9 Å². The van der Waals surface area contributed by atoms with E-state index in [-0.39, 0.29) is 49.7 Å². The van der Waals surface area contributed by atoms with Gasteiger partial charge in [-0.05, 0) is 48.4 Å². The molecule has 2 amide bonds. The van der Waals surface area contributed by atoms with Gasteiger partial charge in [-0.3, -0.25) is 19.9 Å². The summed E-state index contributed by atoms with van der Waals surface area (Å²) in [6.45, 7) is 7.80. The molecule has 10 heteroatoms. The molecule has 2 N–H and O–H groups in total. The second-order valence-corrected chi connectivity index (χ2v) is 8.86. The van der Waals surface area contributed by atoms with Gasteiger partial charge < -0.3 is 10.2 Å². The van der Waals surface area contributed by atoms with E-state index in [1.807, 2.05) is 49.2 Å². The van der Waals surface area contributed by atoms with Crippen LogP contribution in [0.1, 0.15) is 23.6 Å². The van der Waals surface area contributed by atoms with E-state index in [4.69, 9.17) is 0 Å². The predicted octanol–water partition coefficient (Wildman–Crippen LogP) is 3.52. The zero-order valence-corrected chi connectivity index (χ0v) is 23.1. The third kappa shape index (κ3) is 7.93. The van der Waals surface area contributed by atoms with Crippen molar-refractivity contribution in [2.45, 2.75) is 26.9 Å². The molecule has 2 aromatic carbocycles. The molecule has 0 saturated heterocycles. The maximum Gasteiger partial charge on any atom is 0.250 e. The summed E-state index contributed by atoms with van der Waals surface area (Å²) in [5.41, 5.74) is 4.40. The van der Waals surface area contributed by atoms with Crippen molar-refractivity contribution >= 4 is 58.2 Å². The molecule has 0 spiro atoms. The van der Waals surface area contributed by atoms with Crippen molar-refractivity contribution in [3.05, 3.63) is 63.6 Å². The molecule has 0 aliphatic carbocycles. The summed E-state index contributed by atoms with van der Waals surface area (Å²) in [6.07, 6.45) is 0. The third-order valence-corrected chi connectivity index (χ3v) is 6.17. The topological polar surface area (TPSA) is 67.9 Å². The highest BCUT2D eigenvalue weighted by atomic mass is 79.9. The smallest absolute Gasteiger partial charge is 0.250 e. The Labute approximate surface area is 223 Å². The number of amides is 2. The van der Waals surface area contributed by atoms with Crippen LogP contribution in [0.2, 0.25) is 0 Å². The molecule has 188 valence electrons. The first-order valence-electron chi connectivity index (χ1n) is 11.0. The summed E-state index contributed by atoms with van der Waals surface area (Å²) >= 11 is 3.48. The average molecular weight is 575 g/mol. The van der Waals surface area contributed by atoms with Gasteiger partial charge in [0.1, 0.15) is 0 Å². The molecule has 0 saturated carbocycles. The van der Waals surface area contributed by atoms with Gasteiger partial charge in [0.15, 0.2) is 0 Å². The van der Waals surface area contributed by atoms with Crippen LogP contribution in [0.5, 0.6) is 0 Å². The minimum Gasteiger partial charge on any atom is -0.315 e. The van der Waals surface area contributed by atoms with Crippen molar-refractivity contribution in [1.82, 2.24) is 20.7 Å². The lowest BCUT2D eigenvalue weighted by Crippen LogP contribution is -2.47. The first-order valence-corrected chi connectivity index (χ1v) is 11.8. The molecule has 3 rings (SSSR count). The molecule has 0 bridgehead atoms. The number of nitrogens with one attached hydrogen (secondary N) is 2. The minimum atomic E-state index is -0.0652. The average Bonchev–Trinajstić information content (AvgIpc) is 3.21. The molecule has 0 unspecified atom stereocenters. The summed E-state index contributed by atoms with van der Waals surface area (Å²) in [5, 5.41) is 9.99. The van der Waals surface area contributed by atoms with Crippen molar-refractivity contribution in [2.24, 2.45) is 0 Å². The summed E-state index contributed by atoms with van der Waals surface area (Å²) in [5.74, 6) is -0.123. The summed E-state index contributed by atoms with van der Waals surface area (Å²) in [4.78, 5) is 27.5. The Morgan fingerprint density at radius 1 is 1.00 bits per heavy atom. The van der Waals surface area contributed by atoms with Gasteiger partial charge in [0.25, 0.3) is 5.91 Å². The highest BCUT2D eigenvalue weighted by Gasteiger charge is 2.25. The van der Waals surface area contributed by atoms with Gasteiger partial charge in [0, 0.05) is 43.4 Å². The number of carbonyl (C=O) groups is 2. The van der Waals surface area contributed by atoms with Gasteiger partial charge in [0.05, 0.1) is 13.1 Å². The zero-order chi connectivity index (χ0) is 23.1. The van der Waals surface area contributed by atoms with Crippen LogP contribution in [-0.4, -0.2) is 61.6 Å². The lowest BCUT2D eigenvalue weighted by atomic mass is 10.1. The fraction of sp³-hybridized carbons (Fsp3) is 0.417. The van der Waals surface area contributed by atoms with E-state index in [0.29, 0.717) is 13.1 Å². The fourth-order valence-corrected chi connectivity index (χ4v) is 4.32. The molecular weight excluding hydrogens is 541 g/mol. The second-order valence-electron chi connectivity index (χ2n) is 7.94. The molecule has 1 aliphatic rings. The molecule has 0 aromatic heterocycles. The van der Waals surface area contributed by atoms with Crippen LogP contribution in [0.3, 0.4) is 0 Å². The first kappa shape index (κ1) is 30.4. The highest BCUT2D eigenvalue weighted by Crippen LogP contribution is 2.24. The SMILES string of the molecule is CCNCCN(C(=O)CNCC(=O)N(C)N1Cc2ccccc2C1)c1ccc(Br)cc1C.Cl.Cl. The summed E-state index contributed by atoms with van der Waals surface area (Å²) in [7, 11) is 1.78. The Morgan fingerprint density at radius 3 is 2.21 bits per heavy atom. The first-order chi connectivity index (χ1) is 15.4. The number of carbonyl (C=O) groups excluding carboxylic acids is 2. The molecule has 0 atom stereocenters. The highest BCUT2D eigenvalue weighted by molar-refractivity contribution is 9.10. The molecule has 0 radical (unpaired) electrons. The van der Waals surface area contributed by atoms with Gasteiger partial charge in [-0.2, -0.15) is 0 Å². The van der Waals surface area contributed by atoms with Crippen molar-refractivity contribution in [3.63, 3.8) is 0 Å². The van der Waals surface area contributed by atoms with E-state index in [9.17, 15) is 9.59 Å². The van der Waals surface area contributed by atoms with Gasteiger partial charge >= 0.3 is 0 Å². The lowest BCUT2D eigenvalue weighted by molar-refractivity contribution is -0.145. The molecule has 34 heavy (non-hydrogen) atoms. The van der Waals surface area contributed by atoms with Crippen molar-refractivity contribution in [1.29, 1.82) is 0 Å². The number of nitrogens with zero attached hydrogens (tertiary/aromatic N) is 3. The second kappa shape index (κ2) is 14.7. The number of rotatable bonds is 10. The van der Waals surface area contributed by atoms with Crippen LogP contribution in [0, 0.1) is 6.92 Å². The van der Waals surface area contributed by atoms with Crippen LogP contribution >= 0.6 is 40.7 Å². The number of fused-ring (bicyclic) bond motifs is 1. The Balaban J connectivity index is 0.00000289. The number of hydrazine groups is 1. The normalized spacial score (nSPS) is 12.4. The lowest BCUT2D eigenvalue weighted by Gasteiger charge is -2.28. The molecule has 7 nitrogen and oxygen atoms in total. The largest absolute Gasteiger partial charge is 0.315 e. The Hall–Kier alpha value is -1.68. The number of aryl methyl sites for hydroxylation is 1. The number of anilines is 1. The van der Waals surface area contributed by atoms with E-state index in [1.165, 1.54) is 11.1 Å². The van der Waals surface area contributed by atoms with Gasteiger partial charge in [-0.15, -0.1) is 24.8 Å². The molecule has 2 aromatic rings. The monoisotopic (exact) mass is 573 g/mol. The summed E-state index contributed by atoms with van der Waals surface area (Å²) < 4.78 is 0.980. The van der Waals surface area contributed by atoms with Crippen molar-refractivity contribution in [3.8, 4) is 0 Å². The Kier molecular flexibility index (Phi) is 13.1. The number of hydrogen-bond donors (Lipinski definition) is 2. The van der Waals surface area contributed by atoms with Crippen LogP contribution in [0.25, 0.3) is 0 Å². The minimum absolute atomic E-state index is 0. The van der Waals surface area contributed by atoms with Crippen molar-refractivity contribution < 1.29 is 9.59 Å². The summed E-state index contributed by atoms with van der Waals surface area (Å²) in [6, 6.07) is 14.1. The van der Waals surface area contributed by atoms with E-state index in [1.54, 1.807) is 17.0 Å². The maximum atomic E-state index is 13.0. The van der Waals surface area contributed by atoms with E-state index in [0.717, 1.165) is 35.4 Å². The van der Waals surface area contributed by atoms with Crippen LogP contribution < -0.4 is 15.5 Å². The fourth-order valence-electron chi connectivity index (χ4n) is 3.84. The number of benzene rings is 2. The third-order valence-electron chi connectivity index (χ3n) is 5.67. The van der Waals surface area contributed by atoms with E-state index in [2.05, 4.69) is 38.7 Å². The predicted molar refractivity (Wildman–Crippen MR) is 146 cm³/mol. The van der Waals surface area contributed by atoms with Gasteiger partial charge in [-0.25, -0.2) is 5.01 Å². The maximum absolute atomic E-state index is 13.0. The number of halogens is 3. The van der Waals surface area contributed by atoms with E-state index < -0.39 is 0 Å². The Bertz CT molecular complexity index is 938. The number of hydrogen-bond acceptors (Lipinski definition) is 5. The van der Waals surface area contributed by atoms with Crippen LogP contribution in [0.4, 0.5) is 5.69 Å². The number of likely N-dealkylation sites (N-methyl/N-ethyl adjacent to an activating group) is 2. The van der Waals surface area contributed by atoms with Gasteiger partial charge in [0.2, 0.25) is 5.91 Å².